The van der Waals surface area contributed by atoms with Crippen LogP contribution in [0.15, 0.2) is 24.4 Å². The number of benzene rings is 1. The summed E-state index contributed by atoms with van der Waals surface area (Å²) in [6.45, 7) is 3.14. The maximum Gasteiger partial charge on any atom is 0.121 e. The van der Waals surface area contributed by atoms with E-state index in [1.165, 1.54) is 19.3 Å². The van der Waals surface area contributed by atoms with E-state index in [2.05, 4.69) is 17.2 Å². The molecule has 4 nitrogen and oxygen atoms in total. The second-order valence-electron chi connectivity index (χ2n) is 5.19. The number of rotatable bonds is 8. The van der Waals surface area contributed by atoms with Gasteiger partial charge in [-0.05, 0) is 24.1 Å². The number of pyridine rings is 1. The SMILES string of the molecule is CCCCCCNc1cc(OC)cc2c(CO)ccnc12. The van der Waals surface area contributed by atoms with E-state index in [1.807, 2.05) is 18.2 Å². The molecule has 1 aromatic heterocycles. The van der Waals surface area contributed by atoms with E-state index in [9.17, 15) is 5.11 Å². The van der Waals surface area contributed by atoms with Gasteiger partial charge in [-0.1, -0.05) is 26.2 Å². The first kappa shape index (κ1) is 15.6. The van der Waals surface area contributed by atoms with Gasteiger partial charge in [-0.3, -0.25) is 4.98 Å². The molecule has 0 aliphatic carbocycles. The molecule has 0 bridgehead atoms. The molecule has 0 atom stereocenters. The van der Waals surface area contributed by atoms with E-state index in [0.717, 1.165) is 40.9 Å². The lowest BCUT2D eigenvalue weighted by molar-refractivity contribution is 0.283. The average molecular weight is 288 g/mol. The Labute approximate surface area is 126 Å². The van der Waals surface area contributed by atoms with Crippen LogP contribution in [0, 0.1) is 0 Å². The van der Waals surface area contributed by atoms with Crippen LogP contribution in [0.2, 0.25) is 0 Å². The molecule has 0 aliphatic rings. The van der Waals surface area contributed by atoms with Crippen LogP contribution in [0.25, 0.3) is 10.9 Å². The third kappa shape index (κ3) is 3.85. The van der Waals surface area contributed by atoms with Crippen LogP contribution < -0.4 is 10.1 Å². The van der Waals surface area contributed by atoms with Gasteiger partial charge >= 0.3 is 0 Å². The zero-order valence-corrected chi connectivity index (χ0v) is 12.9. The zero-order chi connectivity index (χ0) is 15.1. The van der Waals surface area contributed by atoms with Crippen LogP contribution in [0.4, 0.5) is 5.69 Å². The molecule has 1 heterocycles. The van der Waals surface area contributed by atoms with Crippen LogP contribution in [0.5, 0.6) is 5.75 Å². The number of nitrogens with zero attached hydrogens (tertiary/aromatic N) is 1. The summed E-state index contributed by atoms with van der Waals surface area (Å²) in [5, 5.41) is 13.9. The molecule has 0 unspecified atom stereocenters. The lowest BCUT2D eigenvalue weighted by Crippen LogP contribution is -2.03. The summed E-state index contributed by atoms with van der Waals surface area (Å²) in [5.74, 6) is 0.779. The van der Waals surface area contributed by atoms with Gasteiger partial charge in [-0.15, -0.1) is 0 Å². The Balaban J connectivity index is 2.24. The molecule has 1 aromatic carbocycles. The predicted molar refractivity (Wildman–Crippen MR) is 86.8 cm³/mol. The number of anilines is 1. The molecular weight excluding hydrogens is 264 g/mol. The maximum absolute atomic E-state index is 9.47. The van der Waals surface area contributed by atoms with Crippen molar-refractivity contribution in [1.82, 2.24) is 4.98 Å². The lowest BCUT2D eigenvalue weighted by atomic mass is 10.1. The van der Waals surface area contributed by atoms with Crippen molar-refractivity contribution in [3.05, 3.63) is 30.0 Å². The normalized spacial score (nSPS) is 10.8. The number of hydrogen-bond acceptors (Lipinski definition) is 4. The quantitative estimate of drug-likeness (QED) is 0.727. The molecule has 4 heteroatoms. The fraction of sp³-hybridized carbons (Fsp3) is 0.471. The number of methoxy groups -OCH3 is 1. The van der Waals surface area contributed by atoms with Gasteiger partial charge in [0.05, 0.1) is 24.9 Å². The third-order valence-corrected chi connectivity index (χ3v) is 3.66. The fourth-order valence-electron chi connectivity index (χ4n) is 2.45. The van der Waals surface area contributed by atoms with E-state index in [1.54, 1.807) is 13.3 Å². The van der Waals surface area contributed by atoms with Crippen molar-refractivity contribution in [2.75, 3.05) is 19.0 Å². The zero-order valence-electron chi connectivity index (χ0n) is 12.9. The smallest absolute Gasteiger partial charge is 0.121 e. The van der Waals surface area contributed by atoms with Crippen LogP contribution in [-0.4, -0.2) is 23.7 Å². The minimum absolute atomic E-state index is 0.00211. The highest BCUT2D eigenvalue weighted by molar-refractivity contribution is 5.94. The summed E-state index contributed by atoms with van der Waals surface area (Å²) >= 11 is 0. The Morgan fingerprint density at radius 2 is 2.10 bits per heavy atom. The van der Waals surface area contributed by atoms with Gasteiger partial charge in [0, 0.05) is 24.2 Å². The highest BCUT2D eigenvalue weighted by Crippen LogP contribution is 2.30. The van der Waals surface area contributed by atoms with Crippen molar-refractivity contribution in [2.45, 2.75) is 39.2 Å². The number of aliphatic hydroxyl groups is 1. The molecule has 0 aliphatic heterocycles. The fourth-order valence-corrected chi connectivity index (χ4v) is 2.45. The lowest BCUT2D eigenvalue weighted by Gasteiger charge is -2.13. The van der Waals surface area contributed by atoms with Crippen LogP contribution >= 0.6 is 0 Å². The summed E-state index contributed by atoms with van der Waals surface area (Å²) in [7, 11) is 1.65. The first-order valence-electron chi connectivity index (χ1n) is 7.60. The topological polar surface area (TPSA) is 54.4 Å². The molecular formula is C17H24N2O2. The van der Waals surface area contributed by atoms with Crippen molar-refractivity contribution in [3.63, 3.8) is 0 Å². The molecule has 0 saturated heterocycles. The molecule has 0 fully saturated rings. The van der Waals surface area contributed by atoms with Crippen molar-refractivity contribution in [3.8, 4) is 5.75 Å². The van der Waals surface area contributed by atoms with E-state index >= 15 is 0 Å². The number of aromatic nitrogens is 1. The Morgan fingerprint density at radius 1 is 1.24 bits per heavy atom. The van der Waals surface area contributed by atoms with Crippen molar-refractivity contribution < 1.29 is 9.84 Å². The van der Waals surface area contributed by atoms with Crippen molar-refractivity contribution in [1.29, 1.82) is 0 Å². The van der Waals surface area contributed by atoms with E-state index < -0.39 is 0 Å². The molecule has 114 valence electrons. The highest BCUT2D eigenvalue weighted by Gasteiger charge is 2.09. The van der Waals surface area contributed by atoms with Gasteiger partial charge in [0.15, 0.2) is 0 Å². The van der Waals surface area contributed by atoms with E-state index in [-0.39, 0.29) is 6.61 Å². The molecule has 2 N–H and O–H groups in total. The number of unbranched alkanes of at least 4 members (excludes halogenated alkanes) is 3. The van der Waals surface area contributed by atoms with E-state index in [0.29, 0.717) is 0 Å². The maximum atomic E-state index is 9.47. The molecule has 2 aromatic rings. The summed E-state index contributed by atoms with van der Waals surface area (Å²) in [6.07, 6.45) is 6.63. The highest BCUT2D eigenvalue weighted by atomic mass is 16.5. The Bertz CT molecular complexity index is 584. The number of hydrogen-bond donors (Lipinski definition) is 2. The summed E-state index contributed by atoms with van der Waals surface area (Å²) in [4.78, 5) is 4.45. The van der Waals surface area contributed by atoms with Crippen LogP contribution in [0.3, 0.4) is 0 Å². The molecule has 0 spiro atoms. The molecule has 0 radical (unpaired) electrons. The third-order valence-electron chi connectivity index (χ3n) is 3.66. The molecule has 21 heavy (non-hydrogen) atoms. The van der Waals surface area contributed by atoms with Gasteiger partial charge in [-0.25, -0.2) is 0 Å². The summed E-state index contributed by atoms with van der Waals surface area (Å²) in [5.41, 5.74) is 2.72. The molecule has 0 saturated carbocycles. The molecule has 2 rings (SSSR count). The first-order chi connectivity index (χ1) is 10.3. The van der Waals surface area contributed by atoms with Gasteiger partial charge in [0.1, 0.15) is 5.75 Å². The van der Waals surface area contributed by atoms with Gasteiger partial charge < -0.3 is 15.2 Å². The van der Waals surface area contributed by atoms with Gasteiger partial charge in [0.2, 0.25) is 0 Å². The number of nitrogens with one attached hydrogen (secondary N) is 1. The van der Waals surface area contributed by atoms with Gasteiger partial charge in [-0.2, -0.15) is 0 Å². The second-order valence-corrected chi connectivity index (χ2v) is 5.19. The second kappa shape index (κ2) is 7.84. The standard InChI is InChI=1S/C17H24N2O2/c1-3-4-5-6-8-18-16-11-14(21-2)10-15-13(12-20)7-9-19-17(15)16/h7,9-11,18,20H,3-6,8,12H2,1-2H3. The van der Waals surface area contributed by atoms with Crippen molar-refractivity contribution >= 4 is 16.6 Å². The number of fused-ring (bicyclic) bond motifs is 1. The van der Waals surface area contributed by atoms with Crippen LogP contribution in [0.1, 0.15) is 38.2 Å². The monoisotopic (exact) mass is 288 g/mol. The minimum atomic E-state index is 0.00211. The van der Waals surface area contributed by atoms with Gasteiger partial charge in [0.25, 0.3) is 0 Å². The van der Waals surface area contributed by atoms with E-state index in [4.69, 9.17) is 4.74 Å². The Kier molecular flexibility index (Phi) is 5.81. The number of aliphatic hydroxyl groups excluding tert-OH is 1. The Hall–Kier alpha value is -1.81. The number of ether oxygens (including phenoxy) is 1. The Morgan fingerprint density at radius 3 is 2.81 bits per heavy atom. The minimum Gasteiger partial charge on any atom is -0.497 e. The largest absolute Gasteiger partial charge is 0.497 e. The first-order valence-corrected chi connectivity index (χ1v) is 7.60. The average Bonchev–Trinajstić information content (AvgIpc) is 2.53. The van der Waals surface area contributed by atoms with Crippen LogP contribution in [-0.2, 0) is 6.61 Å². The van der Waals surface area contributed by atoms with Crippen molar-refractivity contribution in [2.24, 2.45) is 0 Å². The predicted octanol–water partition coefficient (Wildman–Crippen LogP) is 3.73. The molecule has 0 amide bonds. The summed E-state index contributed by atoms with van der Waals surface area (Å²) in [6, 6.07) is 5.74. The summed E-state index contributed by atoms with van der Waals surface area (Å²) < 4.78 is 5.36.